The molecule has 0 atom stereocenters. The first-order valence-electron chi connectivity index (χ1n) is 6.33. The molecule has 0 radical (unpaired) electrons. The standard InChI is InChI=1S/C15H18N2O2S/c1-9-6-5-7-10(8-9)12-11(16)13(20-17-12)14(18)19-15(2,3)4/h5-8H,16H2,1-4H3. The molecule has 1 heterocycles. The van der Waals surface area contributed by atoms with Gasteiger partial charge in [-0.05, 0) is 45.3 Å². The van der Waals surface area contributed by atoms with Crippen LogP contribution in [-0.2, 0) is 4.74 Å². The topological polar surface area (TPSA) is 65.2 Å². The number of esters is 1. The first kappa shape index (κ1) is 14.5. The van der Waals surface area contributed by atoms with E-state index in [4.69, 9.17) is 10.5 Å². The number of ether oxygens (including phenoxy) is 1. The second-order valence-corrected chi connectivity index (χ2v) is 6.42. The Hall–Kier alpha value is -1.88. The van der Waals surface area contributed by atoms with Crippen molar-refractivity contribution in [1.29, 1.82) is 0 Å². The van der Waals surface area contributed by atoms with Crippen molar-refractivity contribution in [2.24, 2.45) is 0 Å². The Bertz CT molecular complexity index is 642. The molecule has 5 heteroatoms. The second-order valence-electron chi connectivity index (χ2n) is 5.65. The summed E-state index contributed by atoms with van der Waals surface area (Å²) in [4.78, 5) is 12.4. The van der Waals surface area contributed by atoms with Crippen LogP contribution in [0.4, 0.5) is 5.69 Å². The first-order valence-corrected chi connectivity index (χ1v) is 7.11. The molecule has 2 N–H and O–H groups in total. The third-order valence-electron chi connectivity index (χ3n) is 2.60. The summed E-state index contributed by atoms with van der Waals surface area (Å²) in [6, 6.07) is 7.86. The van der Waals surface area contributed by atoms with E-state index < -0.39 is 11.6 Å². The molecule has 0 amide bonds. The van der Waals surface area contributed by atoms with E-state index >= 15 is 0 Å². The zero-order valence-electron chi connectivity index (χ0n) is 12.1. The van der Waals surface area contributed by atoms with E-state index in [1.165, 1.54) is 0 Å². The van der Waals surface area contributed by atoms with Gasteiger partial charge in [-0.3, -0.25) is 0 Å². The van der Waals surface area contributed by atoms with E-state index in [-0.39, 0.29) is 0 Å². The van der Waals surface area contributed by atoms with Crippen molar-refractivity contribution < 1.29 is 9.53 Å². The third-order valence-corrected chi connectivity index (χ3v) is 3.45. The number of hydrogen-bond acceptors (Lipinski definition) is 5. The quantitative estimate of drug-likeness (QED) is 0.857. The van der Waals surface area contributed by atoms with Gasteiger partial charge in [0, 0.05) is 5.56 Å². The third kappa shape index (κ3) is 3.17. The average Bonchev–Trinajstić information content (AvgIpc) is 2.69. The predicted octanol–water partition coefficient (Wildman–Crippen LogP) is 3.66. The van der Waals surface area contributed by atoms with Gasteiger partial charge in [-0.1, -0.05) is 23.8 Å². The Morgan fingerprint density at radius 3 is 2.65 bits per heavy atom. The minimum absolute atomic E-state index is 0.358. The summed E-state index contributed by atoms with van der Waals surface area (Å²) in [5, 5.41) is 0. The number of aromatic nitrogens is 1. The smallest absolute Gasteiger partial charge is 0.352 e. The highest BCUT2D eigenvalue weighted by atomic mass is 32.1. The summed E-state index contributed by atoms with van der Waals surface area (Å²) in [6.45, 7) is 7.47. The van der Waals surface area contributed by atoms with Crippen LogP contribution < -0.4 is 5.73 Å². The number of anilines is 1. The van der Waals surface area contributed by atoms with E-state index in [0.29, 0.717) is 16.3 Å². The van der Waals surface area contributed by atoms with Crippen molar-refractivity contribution in [3.05, 3.63) is 34.7 Å². The molecule has 1 aromatic heterocycles. The van der Waals surface area contributed by atoms with E-state index in [2.05, 4.69) is 4.37 Å². The first-order chi connectivity index (χ1) is 9.28. The molecule has 0 saturated carbocycles. The minimum atomic E-state index is -0.545. The molecular formula is C15H18N2O2S. The van der Waals surface area contributed by atoms with Gasteiger partial charge in [0.1, 0.15) is 11.3 Å². The van der Waals surface area contributed by atoms with E-state index in [9.17, 15) is 4.79 Å². The Labute approximate surface area is 122 Å². The highest BCUT2D eigenvalue weighted by Gasteiger charge is 2.24. The highest BCUT2D eigenvalue weighted by Crippen LogP contribution is 2.32. The number of nitrogen functional groups attached to an aromatic ring is 1. The molecule has 0 saturated heterocycles. The molecule has 0 aliphatic carbocycles. The number of aryl methyl sites for hydroxylation is 1. The predicted molar refractivity (Wildman–Crippen MR) is 81.9 cm³/mol. The van der Waals surface area contributed by atoms with E-state index in [0.717, 1.165) is 22.7 Å². The normalized spacial score (nSPS) is 11.4. The molecule has 0 unspecified atom stereocenters. The Morgan fingerprint density at radius 2 is 2.05 bits per heavy atom. The second kappa shape index (κ2) is 5.25. The van der Waals surface area contributed by atoms with Gasteiger partial charge in [-0.25, -0.2) is 4.79 Å². The van der Waals surface area contributed by atoms with Crippen LogP contribution in [0.3, 0.4) is 0 Å². The molecule has 0 aliphatic rings. The molecule has 1 aromatic carbocycles. The maximum atomic E-state index is 12.1. The number of carbonyl (C=O) groups is 1. The summed E-state index contributed by atoms with van der Waals surface area (Å²) >= 11 is 1.08. The molecule has 106 valence electrons. The molecule has 0 spiro atoms. The molecule has 2 aromatic rings. The lowest BCUT2D eigenvalue weighted by Crippen LogP contribution is -2.23. The highest BCUT2D eigenvalue weighted by molar-refractivity contribution is 7.09. The van der Waals surface area contributed by atoms with Crippen molar-refractivity contribution in [3.63, 3.8) is 0 Å². The molecule has 0 aliphatic heterocycles. The maximum Gasteiger partial charge on any atom is 0.352 e. The zero-order valence-corrected chi connectivity index (χ0v) is 12.9. The van der Waals surface area contributed by atoms with E-state index in [1.54, 1.807) is 0 Å². The van der Waals surface area contributed by atoms with E-state index in [1.807, 2.05) is 52.0 Å². The lowest BCUT2D eigenvalue weighted by atomic mass is 10.1. The van der Waals surface area contributed by atoms with Crippen LogP contribution in [0.15, 0.2) is 24.3 Å². The number of rotatable bonds is 2. The maximum absolute atomic E-state index is 12.1. The lowest BCUT2D eigenvalue weighted by Gasteiger charge is -2.18. The largest absolute Gasteiger partial charge is 0.456 e. The van der Waals surface area contributed by atoms with Crippen LogP contribution in [0.5, 0.6) is 0 Å². The molecular weight excluding hydrogens is 272 g/mol. The molecule has 0 bridgehead atoms. The molecule has 20 heavy (non-hydrogen) atoms. The summed E-state index contributed by atoms with van der Waals surface area (Å²) < 4.78 is 9.62. The van der Waals surface area contributed by atoms with Crippen molar-refractivity contribution in [2.45, 2.75) is 33.3 Å². The number of benzene rings is 1. The summed E-state index contributed by atoms with van der Waals surface area (Å²) in [5.74, 6) is -0.425. The van der Waals surface area contributed by atoms with Crippen LogP contribution in [0.25, 0.3) is 11.3 Å². The number of nitrogens with two attached hydrogens (primary N) is 1. The molecule has 2 rings (SSSR count). The fourth-order valence-electron chi connectivity index (χ4n) is 1.77. The summed E-state index contributed by atoms with van der Waals surface area (Å²) in [5.41, 5.74) is 8.56. The average molecular weight is 290 g/mol. The van der Waals surface area contributed by atoms with Crippen molar-refractivity contribution >= 4 is 23.2 Å². The van der Waals surface area contributed by atoms with Crippen LogP contribution in [0.1, 0.15) is 36.0 Å². The Balaban J connectivity index is 2.34. The summed E-state index contributed by atoms with van der Waals surface area (Å²) in [6.07, 6.45) is 0. The lowest BCUT2D eigenvalue weighted by molar-refractivity contribution is 0.00764. The van der Waals surface area contributed by atoms with Crippen LogP contribution in [-0.4, -0.2) is 15.9 Å². The van der Waals surface area contributed by atoms with Crippen molar-refractivity contribution in [1.82, 2.24) is 4.37 Å². The fourth-order valence-corrected chi connectivity index (χ4v) is 2.47. The summed E-state index contributed by atoms with van der Waals surface area (Å²) in [7, 11) is 0. The minimum Gasteiger partial charge on any atom is -0.456 e. The van der Waals surface area contributed by atoms with Crippen LogP contribution in [0.2, 0.25) is 0 Å². The fraction of sp³-hybridized carbons (Fsp3) is 0.333. The monoisotopic (exact) mass is 290 g/mol. The number of nitrogens with zero attached hydrogens (tertiary/aromatic N) is 1. The van der Waals surface area contributed by atoms with Gasteiger partial charge in [-0.15, -0.1) is 0 Å². The van der Waals surface area contributed by atoms with Crippen LogP contribution >= 0.6 is 11.5 Å². The Kier molecular flexibility index (Phi) is 3.81. The Morgan fingerprint density at radius 1 is 1.35 bits per heavy atom. The molecule has 4 nitrogen and oxygen atoms in total. The van der Waals surface area contributed by atoms with Gasteiger partial charge in [0.05, 0.1) is 5.69 Å². The van der Waals surface area contributed by atoms with Crippen molar-refractivity contribution in [3.8, 4) is 11.3 Å². The van der Waals surface area contributed by atoms with Gasteiger partial charge in [-0.2, -0.15) is 4.37 Å². The van der Waals surface area contributed by atoms with Gasteiger partial charge in [0.15, 0.2) is 4.88 Å². The molecule has 0 fully saturated rings. The van der Waals surface area contributed by atoms with Gasteiger partial charge < -0.3 is 10.5 Å². The van der Waals surface area contributed by atoms with Gasteiger partial charge >= 0.3 is 5.97 Å². The number of hydrogen-bond donors (Lipinski definition) is 1. The van der Waals surface area contributed by atoms with Gasteiger partial charge in [0.25, 0.3) is 0 Å². The van der Waals surface area contributed by atoms with Crippen molar-refractivity contribution in [2.75, 3.05) is 5.73 Å². The SMILES string of the molecule is Cc1cccc(-c2nsc(C(=O)OC(C)(C)C)c2N)c1. The van der Waals surface area contributed by atoms with Crippen LogP contribution in [0, 0.1) is 6.92 Å². The van der Waals surface area contributed by atoms with Gasteiger partial charge in [0.2, 0.25) is 0 Å². The zero-order chi connectivity index (χ0) is 14.9. The number of carbonyl (C=O) groups excluding carboxylic acids is 1.